The van der Waals surface area contributed by atoms with Gasteiger partial charge in [0.25, 0.3) is 0 Å². The Kier molecular flexibility index (Phi) is 2.72. The number of ether oxygens (including phenoxy) is 2. The monoisotopic (exact) mass is 260 g/mol. The highest BCUT2D eigenvalue weighted by Gasteiger charge is 2.20. The molecule has 2 heterocycles. The van der Waals surface area contributed by atoms with E-state index in [4.69, 9.17) is 14.6 Å². The molecule has 6 heteroatoms. The third-order valence-electron chi connectivity index (χ3n) is 3.02. The van der Waals surface area contributed by atoms with E-state index < -0.39 is 5.97 Å². The van der Waals surface area contributed by atoms with Crippen LogP contribution in [-0.2, 0) is 18.4 Å². The number of nitrogens with zero attached hydrogens (tertiary/aromatic N) is 2. The van der Waals surface area contributed by atoms with Gasteiger partial charge in [0, 0.05) is 18.2 Å². The Balaban J connectivity index is 2.14. The number of fused-ring (bicyclic) bond motifs is 1. The fraction of sp³-hybridized carbons (Fsp3) is 0.231. The minimum atomic E-state index is -1.05. The van der Waals surface area contributed by atoms with Crippen LogP contribution in [0.1, 0.15) is 16.1 Å². The summed E-state index contributed by atoms with van der Waals surface area (Å²) in [6.45, 7) is 0.695. The average molecular weight is 260 g/mol. The number of aromatic nitrogens is 2. The van der Waals surface area contributed by atoms with Gasteiger partial charge in [-0.25, -0.2) is 4.79 Å². The molecular formula is C13H12N2O4. The zero-order chi connectivity index (χ0) is 13.4. The fourth-order valence-electron chi connectivity index (χ4n) is 2.15. The Morgan fingerprint density at radius 1 is 1.47 bits per heavy atom. The van der Waals surface area contributed by atoms with Gasteiger partial charge in [-0.15, -0.1) is 0 Å². The number of aromatic carboxylic acids is 1. The van der Waals surface area contributed by atoms with Crippen molar-refractivity contribution in [1.82, 2.24) is 9.78 Å². The molecular weight excluding hydrogens is 248 g/mol. The van der Waals surface area contributed by atoms with Crippen molar-refractivity contribution >= 4 is 5.97 Å². The van der Waals surface area contributed by atoms with Crippen molar-refractivity contribution in [1.29, 1.82) is 0 Å². The molecule has 1 aromatic carbocycles. The summed E-state index contributed by atoms with van der Waals surface area (Å²) in [5, 5.41) is 12.9. The number of benzene rings is 1. The predicted octanol–water partition coefficient (Wildman–Crippen LogP) is 1.65. The number of carboxylic acids is 1. The van der Waals surface area contributed by atoms with Gasteiger partial charge >= 0.3 is 5.97 Å². The van der Waals surface area contributed by atoms with E-state index in [1.54, 1.807) is 7.05 Å². The lowest BCUT2D eigenvalue weighted by atomic mass is 10.1. The molecule has 0 radical (unpaired) electrons. The molecule has 0 saturated heterocycles. The lowest BCUT2D eigenvalue weighted by Gasteiger charge is -2.20. The van der Waals surface area contributed by atoms with Crippen molar-refractivity contribution in [3.8, 4) is 17.0 Å². The van der Waals surface area contributed by atoms with Gasteiger partial charge in [0.05, 0.1) is 12.3 Å². The Bertz CT molecular complexity index is 648. The lowest BCUT2D eigenvalue weighted by molar-refractivity contribution is -0.0159. The maximum absolute atomic E-state index is 11.0. The summed E-state index contributed by atoms with van der Waals surface area (Å²) in [5.41, 5.74) is 2.49. The Morgan fingerprint density at radius 2 is 2.32 bits per heavy atom. The van der Waals surface area contributed by atoms with E-state index in [2.05, 4.69) is 5.10 Å². The number of rotatable bonds is 2. The van der Waals surface area contributed by atoms with E-state index in [0.29, 0.717) is 12.3 Å². The number of hydrogen-bond acceptors (Lipinski definition) is 4. The lowest BCUT2D eigenvalue weighted by Crippen LogP contribution is -2.12. The SMILES string of the molecule is Cn1nc(C(=O)O)cc1-c1cccc2c1OCOC2. The summed E-state index contributed by atoms with van der Waals surface area (Å²) >= 11 is 0. The number of para-hydroxylation sites is 1. The molecule has 0 unspecified atom stereocenters. The summed E-state index contributed by atoms with van der Waals surface area (Å²) in [5.74, 6) is -0.315. The zero-order valence-electron chi connectivity index (χ0n) is 10.3. The van der Waals surface area contributed by atoms with Crippen LogP contribution >= 0.6 is 0 Å². The van der Waals surface area contributed by atoms with Gasteiger partial charge in [0.2, 0.25) is 0 Å². The molecule has 6 nitrogen and oxygen atoms in total. The largest absolute Gasteiger partial charge is 0.476 e. The van der Waals surface area contributed by atoms with E-state index in [0.717, 1.165) is 16.9 Å². The fourth-order valence-corrected chi connectivity index (χ4v) is 2.15. The van der Waals surface area contributed by atoms with Crippen molar-refractivity contribution in [2.75, 3.05) is 6.79 Å². The van der Waals surface area contributed by atoms with Gasteiger partial charge in [0.1, 0.15) is 5.75 Å². The molecule has 0 aliphatic carbocycles. The van der Waals surface area contributed by atoms with Crippen molar-refractivity contribution in [3.63, 3.8) is 0 Å². The Labute approximate surface area is 109 Å². The van der Waals surface area contributed by atoms with Gasteiger partial charge in [0.15, 0.2) is 12.5 Å². The molecule has 98 valence electrons. The van der Waals surface area contributed by atoms with Crippen LogP contribution in [0.3, 0.4) is 0 Å². The van der Waals surface area contributed by atoms with Crippen molar-refractivity contribution < 1.29 is 19.4 Å². The highest BCUT2D eigenvalue weighted by atomic mass is 16.7. The summed E-state index contributed by atoms with van der Waals surface area (Å²) in [4.78, 5) is 11.0. The normalized spacial score (nSPS) is 13.7. The maximum Gasteiger partial charge on any atom is 0.356 e. The number of aryl methyl sites for hydroxylation is 1. The maximum atomic E-state index is 11.0. The van der Waals surface area contributed by atoms with Crippen molar-refractivity contribution in [2.24, 2.45) is 7.05 Å². The highest BCUT2D eigenvalue weighted by molar-refractivity contribution is 5.87. The van der Waals surface area contributed by atoms with Crippen LogP contribution in [0, 0.1) is 0 Å². The number of carboxylic acid groups (broad SMARTS) is 1. The van der Waals surface area contributed by atoms with Gasteiger partial charge in [-0.3, -0.25) is 4.68 Å². The van der Waals surface area contributed by atoms with Crippen LogP contribution in [0.4, 0.5) is 0 Å². The van der Waals surface area contributed by atoms with E-state index in [1.165, 1.54) is 10.7 Å². The van der Waals surface area contributed by atoms with Crippen LogP contribution in [0.5, 0.6) is 5.75 Å². The summed E-state index contributed by atoms with van der Waals surface area (Å²) in [7, 11) is 1.71. The van der Waals surface area contributed by atoms with E-state index in [9.17, 15) is 4.79 Å². The topological polar surface area (TPSA) is 73.6 Å². The average Bonchev–Trinajstić information content (AvgIpc) is 2.80. The zero-order valence-corrected chi connectivity index (χ0v) is 10.3. The quantitative estimate of drug-likeness (QED) is 0.888. The summed E-state index contributed by atoms with van der Waals surface area (Å²) in [6, 6.07) is 7.23. The van der Waals surface area contributed by atoms with Crippen LogP contribution < -0.4 is 4.74 Å². The van der Waals surface area contributed by atoms with Crippen LogP contribution in [0.2, 0.25) is 0 Å². The van der Waals surface area contributed by atoms with E-state index >= 15 is 0 Å². The molecule has 0 bridgehead atoms. The molecule has 1 N–H and O–H groups in total. The smallest absolute Gasteiger partial charge is 0.356 e. The Morgan fingerprint density at radius 3 is 3.05 bits per heavy atom. The second-order valence-electron chi connectivity index (χ2n) is 4.25. The molecule has 0 amide bonds. The molecule has 0 spiro atoms. The van der Waals surface area contributed by atoms with Crippen LogP contribution in [0.25, 0.3) is 11.3 Å². The second kappa shape index (κ2) is 4.40. The number of carbonyl (C=O) groups is 1. The molecule has 1 aliphatic heterocycles. The molecule has 0 fully saturated rings. The summed E-state index contributed by atoms with van der Waals surface area (Å²) < 4.78 is 12.3. The van der Waals surface area contributed by atoms with Crippen molar-refractivity contribution in [2.45, 2.75) is 6.61 Å². The van der Waals surface area contributed by atoms with E-state index in [1.807, 2.05) is 18.2 Å². The minimum Gasteiger partial charge on any atom is -0.476 e. The van der Waals surface area contributed by atoms with Gasteiger partial charge < -0.3 is 14.6 Å². The first-order chi connectivity index (χ1) is 9.16. The van der Waals surface area contributed by atoms with E-state index in [-0.39, 0.29) is 12.5 Å². The second-order valence-corrected chi connectivity index (χ2v) is 4.25. The summed E-state index contributed by atoms with van der Waals surface area (Å²) in [6.07, 6.45) is 0. The standard InChI is InChI=1S/C13H12N2O4/c1-15-11(5-10(14-15)13(16)17)9-4-2-3-8-6-18-7-19-12(8)9/h2-5H,6-7H2,1H3,(H,16,17). The van der Waals surface area contributed by atoms with Gasteiger partial charge in [-0.05, 0) is 12.1 Å². The van der Waals surface area contributed by atoms with Gasteiger partial charge in [-0.1, -0.05) is 12.1 Å². The molecule has 0 saturated carbocycles. The highest BCUT2D eigenvalue weighted by Crippen LogP contribution is 2.35. The first kappa shape index (κ1) is 11.7. The third kappa shape index (κ3) is 1.96. The molecule has 3 rings (SSSR count). The molecule has 0 atom stereocenters. The first-order valence-corrected chi connectivity index (χ1v) is 5.77. The van der Waals surface area contributed by atoms with Gasteiger partial charge in [-0.2, -0.15) is 5.10 Å². The molecule has 1 aliphatic rings. The van der Waals surface area contributed by atoms with Crippen LogP contribution in [0.15, 0.2) is 24.3 Å². The minimum absolute atomic E-state index is 0.0159. The molecule has 1 aromatic heterocycles. The number of hydrogen-bond donors (Lipinski definition) is 1. The van der Waals surface area contributed by atoms with Crippen molar-refractivity contribution in [3.05, 3.63) is 35.5 Å². The molecule has 19 heavy (non-hydrogen) atoms. The first-order valence-electron chi connectivity index (χ1n) is 5.77. The predicted molar refractivity (Wildman–Crippen MR) is 65.9 cm³/mol. The third-order valence-corrected chi connectivity index (χ3v) is 3.02. The molecule has 2 aromatic rings. The van der Waals surface area contributed by atoms with Crippen LogP contribution in [-0.4, -0.2) is 27.6 Å². The Hall–Kier alpha value is -2.34.